The number of carbonyl (C=O) groups is 1. The molecule has 0 saturated carbocycles. The van der Waals surface area contributed by atoms with Crippen LogP contribution >= 0.6 is 11.3 Å². The molecule has 0 radical (unpaired) electrons. The molecule has 50 heavy (non-hydrogen) atoms. The van der Waals surface area contributed by atoms with Crippen molar-refractivity contribution in [2.24, 2.45) is 23.7 Å². The second-order valence-electron chi connectivity index (χ2n) is 13.9. The van der Waals surface area contributed by atoms with Gasteiger partial charge in [-0.2, -0.15) is 4.31 Å². The second-order valence-corrected chi connectivity index (χ2v) is 16.9. The van der Waals surface area contributed by atoms with E-state index in [1.807, 2.05) is 64.3 Å². The molecule has 2 fully saturated rings. The lowest BCUT2D eigenvalue weighted by atomic mass is 9.84. The summed E-state index contributed by atoms with van der Waals surface area (Å²) in [5.41, 5.74) is 1.84. The van der Waals surface area contributed by atoms with Gasteiger partial charge in [0.2, 0.25) is 16.8 Å². The van der Waals surface area contributed by atoms with Crippen molar-refractivity contribution in [3.63, 3.8) is 0 Å². The number of alkyl carbamates (subject to hydrolysis) is 1. The smallest absolute Gasteiger partial charge is 0.407 e. The van der Waals surface area contributed by atoms with Gasteiger partial charge in [0.05, 0.1) is 34.7 Å². The van der Waals surface area contributed by atoms with Crippen molar-refractivity contribution < 1.29 is 41.6 Å². The first kappa shape index (κ1) is 36.4. The zero-order chi connectivity index (χ0) is 35.4. The molecule has 4 heterocycles. The Morgan fingerprint density at radius 1 is 1.06 bits per heavy atom. The maximum Gasteiger partial charge on any atom is 0.407 e. The number of aromatic nitrogens is 1. The molecule has 12 nitrogen and oxygen atoms in total. The Bertz CT molecular complexity index is 1710. The van der Waals surface area contributed by atoms with Gasteiger partial charge in [0, 0.05) is 30.6 Å². The molecule has 1 aromatic heterocycles. The molecule has 0 aliphatic carbocycles. The van der Waals surface area contributed by atoms with Crippen LogP contribution in [-0.2, 0) is 37.3 Å². The predicted molar refractivity (Wildman–Crippen MR) is 187 cm³/mol. The number of benzene rings is 2. The number of nitrogens with one attached hydrogen (secondary N) is 1. The fourth-order valence-electron chi connectivity index (χ4n) is 6.69. The number of hydrogen-bond donors (Lipinski definition) is 1. The topological polar surface area (TPSA) is 135 Å². The van der Waals surface area contributed by atoms with E-state index in [1.54, 1.807) is 23.5 Å². The number of aryl methyl sites for hydroxylation is 1. The number of fused-ring (bicyclic) bond motifs is 2. The Morgan fingerprint density at radius 3 is 2.56 bits per heavy atom. The second kappa shape index (κ2) is 15.9. The largest absolute Gasteiger partial charge is 0.487 e. The Labute approximate surface area is 298 Å². The molecule has 14 heteroatoms. The summed E-state index contributed by atoms with van der Waals surface area (Å²) in [5.74, 6) is 1.38. The molecule has 6 rings (SSSR count). The maximum absolute atomic E-state index is 14.2. The lowest BCUT2D eigenvalue weighted by molar-refractivity contribution is -0.0907. The Hall–Kier alpha value is -3.43. The predicted octanol–water partition coefficient (Wildman–Crippen LogP) is 5.78. The highest BCUT2D eigenvalue weighted by atomic mass is 32.2. The Balaban J connectivity index is 1.23. The summed E-state index contributed by atoms with van der Waals surface area (Å²) in [7, 11) is -3.94. The van der Waals surface area contributed by atoms with Gasteiger partial charge in [-0.25, -0.2) is 18.2 Å². The van der Waals surface area contributed by atoms with Gasteiger partial charge in [-0.3, -0.25) is 0 Å². The molecule has 1 amide bonds. The molecule has 1 N–H and O–H groups in total. The fraction of sp³-hybridized carbons (Fsp3) is 0.556. The van der Waals surface area contributed by atoms with E-state index in [0.29, 0.717) is 43.4 Å². The molecule has 3 aromatic rings. The van der Waals surface area contributed by atoms with Gasteiger partial charge < -0.3 is 33.7 Å². The zero-order valence-corrected chi connectivity index (χ0v) is 30.8. The number of rotatable bonds is 15. The third-order valence-corrected chi connectivity index (χ3v) is 12.0. The highest BCUT2D eigenvalue weighted by molar-refractivity contribution is 7.89. The van der Waals surface area contributed by atoms with Crippen LogP contribution in [0.5, 0.6) is 17.2 Å². The monoisotopic (exact) mass is 729 g/mol. The van der Waals surface area contributed by atoms with Crippen molar-refractivity contribution in [1.82, 2.24) is 14.6 Å². The molecular weight excluding hydrogens is 683 g/mol. The molecule has 2 saturated heterocycles. The Kier molecular flexibility index (Phi) is 11.5. The average molecular weight is 730 g/mol. The van der Waals surface area contributed by atoms with Gasteiger partial charge in [0.1, 0.15) is 18.5 Å². The van der Waals surface area contributed by atoms with E-state index in [2.05, 4.69) is 10.3 Å². The van der Waals surface area contributed by atoms with E-state index in [4.69, 9.17) is 28.4 Å². The van der Waals surface area contributed by atoms with Gasteiger partial charge in [-0.1, -0.05) is 39.8 Å². The van der Waals surface area contributed by atoms with E-state index in [9.17, 15) is 13.2 Å². The van der Waals surface area contributed by atoms with Gasteiger partial charge in [-0.05, 0) is 67.3 Å². The minimum Gasteiger partial charge on any atom is -0.487 e. The molecule has 0 unspecified atom stereocenters. The lowest BCUT2D eigenvalue weighted by Crippen LogP contribution is -2.50. The molecular formula is C36H47N3O9S2. The Morgan fingerprint density at radius 2 is 1.84 bits per heavy atom. The van der Waals surface area contributed by atoms with Gasteiger partial charge >= 0.3 is 6.09 Å². The average Bonchev–Trinajstić information content (AvgIpc) is 3.89. The number of thiazole rings is 1. The maximum atomic E-state index is 14.2. The van der Waals surface area contributed by atoms with Crippen LogP contribution in [0.3, 0.4) is 0 Å². The number of carbonyl (C=O) groups excluding carboxylic acids is 1. The van der Waals surface area contributed by atoms with Gasteiger partial charge in [-0.15, -0.1) is 11.3 Å². The van der Waals surface area contributed by atoms with Crippen molar-refractivity contribution in [3.05, 3.63) is 64.1 Å². The van der Waals surface area contributed by atoms with Crippen LogP contribution in [0.1, 0.15) is 50.4 Å². The number of sulfonamides is 1. The number of hydrogen-bond acceptors (Lipinski definition) is 11. The van der Waals surface area contributed by atoms with E-state index in [1.165, 1.54) is 10.4 Å². The van der Waals surface area contributed by atoms with Crippen molar-refractivity contribution in [2.45, 2.75) is 77.4 Å². The summed E-state index contributed by atoms with van der Waals surface area (Å²) in [6.07, 6.45) is -0.117. The van der Waals surface area contributed by atoms with Crippen molar-refractivity contribution in [1.29, 1.82) is 0 Å². The molecule has 5 atom stereocenters. The molecule has 3 aliphatic heterocycles. The van der Waals surface area contributed by atoms with Crippen LogP contribution in [0.2, 0.25) is 0 Å². The summed E-state index contributed by atoms with van der Waals surface area (Å²) in [6.45, 7) is 11.8. The van der Waals surface area contributed by atoms with Crippen molar-refractivity contribution in [3.8, 4) is 17.2 Å². The van der Waals surface area contributed by atoms with Crippen LogP contribution in [0.25, 0.3) is 0 Å². The third kappa shape index (κ3) is 8.71. The van der Waals surface area contributed by atoms with Gasteiger partial charge in [0.15, 0.2) is 17.8 Å². The van der Waals surface area contributed by atoms with E-state index < -0.39 is 28.3 Å². The normalized spacial score (nSPS) is 21.1. The van der Waals surface area contributed by atoms with Crippen LogP contribution in [0, 0.1) is 30.6 Å². The van der Waals surface area contributed by atoms with Crippen molar-refractivity contribution >= 4 is 27.5 Å². The zero-order valence-electron chi connectivity index (χ0n) is 29.2. The third-order valence-electron chi connectivity index (χ3n) is 9.32. The number of nitrogens with zero attached hydrogens (tertiary/aromatic N) is 2. The van der Waals surface area contributed by atoms with Gasteiger partial charge in [0.25, 0.3) is 0 Å². The minimum absolute atomic E-state index is 0.00536. The fourth-order valence-corrected chi connectivity index (χ4v) is 8.94. The highest BCUT2D eigenvalue weighted by Crippen LogP contribution is 2.36. The van der Waals surface area contributed by atoms with E-state index >= 15 is 0 Å². The summed E-state index contributed by atoms with van der Waals surface area (Å²) < 4.78 is 64.1. The molecule has 3 aliphatic rings. The number of amides is 1. The molecule has 0 spiro atoms. The molecule has 2 aromatic carbocycles. The molecule has 0 bridgehead atoms. The lowest BCUT2D eigenvalue weighted by Gasteiger charge is -2.36. The van der Waals surface area contributed by atoms with E-state index in [0.717, 1.165) is 22.7 Å². The number of ether oxygens (including phenoxy) is 6. The summed E-state index contributed by atoms with van der Waals surface area (Å²) >= 11 is 1.58. The summed E-state index contributed by atoms with van der Waals surface area (Å²) in [6, 6.07) is 12.0. The van der Waals surface area contributed by atoms with Crippen LogP contribution < -0.4 is 19.5 Å². The minimum atomic E-state index is -3.94. The first-order valence-corrected chi connectivity index (χ1v) is 19.5. The SMILES string of the molecule is Cc1nc(COc2ccc(C[C@H](NC(=O)O[C@H]3CO[C@H]4OCC[C@H]43)[C@@H](CN(CC(C)C)S(=O)(=O)c3ccc4c(c3)OCO4)C(C)C)cc2)cs1. The standard InChI is InChI=1S/C36H47N3O9S2/c1-22(2)16-39(50(41,42)28-10-11-32-33(15-28)47-21-46-32)17-30(23(3)4)31(38-36(40)48-34-19-45-35-29(34)12-13-43-35)14-25-6-8-27(9-7-25)44-18-26-20-49-24(5)37-26/h6-11,15,20,22-23,29-31,34-35H,12-14,16-19,21H2,1-5H3,(H,38,40)/t29-,30-,31-,34-,35+/m0/s1. The van der Waals surface area contributed by atoms with Crippen LogP contribution in [-0.4, -0.2) is 75.3 Å². The summed E-state index contributed by atoms with van der Waals surface area (Å²) in [5, 5.41) is 6.12. The highest BCUT2D eigenvalue weighted by Gasteiger charge is 2.44. The van der Waals surface area contributed by atoms with Crippen LogP contribution in [0.4, 0.5) is 4.79 Å². The summed E-state index contributed by atoms with van der Waals surface area (Å²) in [4.78, 5) is 18.2. The van der Waals surface area contributed by atoms with E-state index in [-0.39, 0.29) is 54.8 Å². The van der Waals surface area contributed by atoms with Crippen molar-refractivity contribution in [2.75, 3.05) is 33.1 Å². The first-order chi connectivity index (χ1) is 24.0. The first-order valence-electron chi connectivity index (χ1n) is 17.2. The quantitative estimate of drug-likeness (QED) is 0.205. The van der Waals surface area contributed by atoms with Crippen LogP contribution in [0.15, 0.2) is 52.7 Å². The molecule has 272 valence electrons.